The second kappa shape index (κ2) is 8.68. The predicted octanol–water partition coefficient (Wildman–Crippen LogP) is 1.60. The molecule has 7 nitrogen and oxygen atoms in total. The van der Waals surface area contributed by atoms with E-state index in [-0.39, 0.29) is 22.4 Å². The number of amides is 1. The minimum Gasteiger partial charge on any atom is -0.331 e. The van der Waals surface area contributed by atoms with E-state index in [2.05, 4.69) is 10.5 Å². The summed E-state index contributed by atoms with van der Waals surface area (Å²) in [5.74, 6) is -0.0247. The molecule has 0 unspecified atom stereocenters. The van der Waals surface area contributed by atoms with Crippen molar-refractivity contribution < 1.29 is 14.6 Å². The third kappa shape index (κ3) is 4.96. The number of non-ortho nitro benzene ring substituents is 1. The number of carbonyl (C=O) groups excluding carboxylic acids is 1. The zero-order chi connectivity index (χ0) is 18.4. The molecule has 1 aromatic carbocycles. The molecule has 2 aromatic rings. The molecule has 136 valence electrons. The van der Waals surface area contributed by atoms with Gasteiger partial charge in [0.25, 0.3) is 5.69 Å². The summed E-state index contributed by atoms with van der Waals surface area (Å²) in [6.07, 6.45) is 3.31. The molecule has 0 saturated carbocycles. The van der Waals surface area contributed by atoms with Gasteiger partial charge in [-0.3, -0.25) is 14.9 Å². The van der Waals surface area contributed by atoms with Crippen LogP contribution in [0.1, 0.15) is 23.3 Å². The minimum atomic E-state index is -0.387. The van der Waals surface area contributed by atoms with Crippen molar-refractivity contribution in [1.29, 1.82) is 0 Å². The van der Waals surface area contributed by atoms with Gasteiger partial charge < -0.3 is 4.90 Å². The van der Waals surface area contributed by atoms with Crippen LogP contribution in [0.3, 0.4) is 0 Å². The molecule has 0 spiro atoms. The Balaban J connectivity index is 1.43. The Labute approximate surface area is 155 Å². The second-order valence-corrected chi connectivity index (χ2v) is 7.35. The Bertz CT molecular complexity index is 766. The molecule has 2 heterocycles. The molecule has 0 bridgehead atoms. The van der Waals surface area contributed by atoms with Gasteiger partial charge >= 0.3 is 0 Å². The lowest BCUT2D eigenvalue weighted by Crippen LogP contribution is -3.11. The first kappa shape index (κ1) is 18.2. The monoisotopic (exact) mass is 373 g/mol. The molecule has 1 fully saturated rings. The number of carbonyl (C=O) groups is 1. The quantitative estimate of drug-likeness (QED) is 0.458. The van der Waals surface area contributed by atoms with Crippen LogP contribution in [-0.4, -0.2) is 30.1 Å². The van der Waals surface area contributed by atoms with E-state index >= 15 is 0 Å². The van der Waals surface area contributed by atoms with Gasteiger partial charge in [0.05, 0.1) is 30.1 Å². The lowest BCUT2D eigenvalue weighted by molar-refractivity contribution is -0.919. The van der Waals surface area contributed by atoms with Crippen molar-refractivity contribution in [1.82, 2.24) is 5.43 Å². The molecular weight excluding hydrogens is 352 g/mol. The third-order valence-corrected chi connectivity index (χ3v) is 5.38. The summed E-state index contributed by atoms with van der Waals surface area (Å²) < 4.78 is 0. The van der Waals surface area contributed by atoms with Crippen molar-refractivity contribution in [3.63, 3.8) is 0 Å². The van der Waals surface area contributed by atoms with Gasteiger partial charge in [0, 0.05) is 35.4 Å². The van der Waals surface area contributed by atoms with E-state index < -0.39 is 0 Å². The van der Waals surface area contributed by atoms with Gasteiger partial charge in [-0.25, -0.2) is 5.43 Å². The maximum Gasteiger partial charge on any atom is 0.269 e. The van der Waals surface area contributed by atoms with Gasteiger partial charge in [-0.15, -0.1) is 11.3 Å². The average molecular weight is 373 g/mol. The summed E-state index contributed by atoms with van der Waals surface area (Å²) in [7, 11) is 0. The normalized spacial score (nSPS) is 20.2. The molecule has 1 aliphatic heterocycles. The SMILES string of the molecule is O=C(N/N=C\c1cccs1)C1CC[NH+](Cc2ccc([N+](=O)[O-])cc2)CC1. The van der Waals surface area contributed by atoms with Crippen molar-refractivity contribution in [3.05, 3.63) is 62.3 Å². The van der Waals surface area contributed by atoms with Gasteiger partial charge in [0.15, 0.2) is 0 Å². The molecule has 8 heteroatoms. The number of nitrogens with zero attached hydrogens (tertiary/aromatic N) is 2. The lowest BCUT2D eigenvalue weighted by atomic mass is 9.96. The smallest absolute Gasteiger partial charge is 0.269 e. The first-order valence-corrected chi connectivity index (χ1v) is 9.43. The lowest BCUT2D eigenvalue weighted by Gasteiger charge is -2.28. The molecule has 26 heavy (non-hydrogen) atoms. The summed E-state index contributed by atoms with van der Waals surface area (Å²) in [5, 5.41) is 16.7. The van der Waals surface area contributed by atoms with Gasteiger partial charge in [-0.2, -0.15) is 5.10 Å². The van der Waals surface area contributed by atoms with E-state index in [1.807, 2.05) is 29.6 Å². The molecule has 1 aliphatic rings. The summed E-state index contributed by atoms with van der Waals surface area (Å²) in [6, 6.07) is 10.6. The van der Waals surface area contributed by atoms with E-state index in [0.717, 1.165) is 42.9 Å². The molecule has 0 atom stereocenters. The average Bonchev–Trinajstić information content (AvgIpc) is 3.16. The Morgan fingerprint density at radius 2 is 2.04 bits per heavy atom. The highest BCUT2D eigenvalue weighted by molar-refractivity contribution is 7.11. The summed E-state index contributed by atoms with van der Waals surface area (Å²) in [6.45, 7) is 2.64. The summed E-state index contributed by atoms with van der Waals surface area (Å²) in [5.41, 5.74) is 3.83. The molecule has 1 saturated heterocycles. The highest BCUT2D eigenvalue weighted by atomic mass is 32.1. The number of nitro benzene ring substituents is 1. The minimum absolute atomic E-state index is 0.00361. The van der Waals surface area contributed by atoms with Crippen LogP contribution in [0, 0.1) is 16.0 Å². The fourth-order valence-corrected chi connectivity index (χ4v) is 3.69. The van der Waals surface area contributed by atoms with E-state index in [1.54, 1.807) is 29.7 Å². The fraction of sp³-hybridized carbons (Fsp3) is 0.333. The standard InChI is InChI=1S/C18H20N4O3S/c23-18(20-19-12-17-2-1-11-26-17)15-7-9-21(10-8-15)13-14-3-5-16(6-4-14)22(24)25/h1-6,11-12,15H,7-10,13H2,(H,20,23)/p+1/b19-12-. The van der Waals surface area contributed by atoms with Crippen LogP contribution >= 0.6 is 11.3 Å². The molecule has 2 N–H and O–H groups in total. The summed E-state index contributed by atoms with van der Waals surface area (Å²) in [4.78, 5) is 24.9. The van der Waals surface area contributed by atoms with Gasteiger partial charge in [0.1, 0.15) is 6.54 Å². The van der Waals surface area contributed by atoms with E-state index in [9.17, 15) is 14.9 Å². The van der Waals surface area contributed by atoms with E-state index in [4.69, 9.17) is 0 Å². The molecule has 1 aromatic heterocycles. The number of thiophene rings is 1. The zero-order valence-corrected chi connectivity index (χ0v) is 15.1. The molecule has 3 rings (SSSR count). The largest absolute Gasteiger partial charge is 0.331 e. The number of hydrogen-bond acceptors (Lipinski definition) is 5. The van der Waals surface area contributed by atoms with Crippen molar-refractivity contribution in [2.45, 2.75) is 19.4 Å². The van der Waals surface area contributed by atoms with Gasteiger partial charge in [0.2, 0.25) is 5.91 Å². The van der Waals surface area contributed by atoms with E-state index in [0.29, 0.717) is 0 Å². The Morgan fingerprint density at radius 3 is 2.65 bits per heavy atom. The van der Waals surface area contributed by atoms with Crippen molar-refractivity contribution in [2.75, 3.05) is 13.1 Å². The maximum absolute atomic E-state index is 12.2. The predicted molar refractivity (Wildman–Crippen MR) is 100 cm³/mol. The topological polar surface area (TPSA) is 89.0 Å². The van der Waals surface area contributed by atoms with Gasteiger partial charge in [-0.05, 0) is 23.6 Å². The van der Waals surface area contributed by atoms with Crippen LogP contribution in [0.15, 0.2) is 46.9 Å². The van der Waals surface area contributed by atoms with Crippen LogP contribution in [0.5, 0.6) is 0 Å². The number of piperidine rings is 1. The van der Waals surface area contributed by atoms with Crippen LogP contribution in [0.4, 0.5) is 5.69 Å². The highest BCUT2D eigenvalue weighted by Gasteiger charge is 2.27. The number of quaternary nitrogens is 1. The van der Waals surface area contributed by atoms with Crippen LogP contribution in [0.2, 0.25) is 0 Å². The number of benzene rings is 1. The number of nitrogens with one attached hydrogen (secondary N) is 2. The van der Waals surface area contributed by atoms with E-state index in [1.165, 1.54) is 4.90 Å². The number of likely N-dealkylation sites (tertiary alicyclic amines) is 1. The van der Waals surface area contributed by atoms with Crippen molar-refractivity contribution in [3.8, 4) is 0 Å². The molecular formula is C18H21N4O3S+. The number of rotatable bonds is 6. The zero-order valence-electron chi connectivity index (χ0n) is 14.3. The summed E-state index contributed by atoms with van der Waals surface area (Å²) >= 11 is 1.57. The van der Waals surface area contributed by atoms with Crippen LogP contribution in [-0.2, 0) is 11.3 Å². The molecule has 0 aliphatic carbocycles. The maximum atomic E-state index is 12.2. The number of nitro groups is 1. The molecule has 0 radical (unpaired) electrons. The first-order valence-electron chi connectivity index (χ1n) is 8.55. The molecule has 1 amide bonds. The van der Waals surface area contributed by atoms with Crippen LogP contribution < -0.4 is 10.3 Å². The highest BCUT2D eigenvalue weighted by Crippen LogP contribution is 2.13. The Hall–Kier alpha value is -2.58. The number of hydrogen-bond donors (Lipinski definition) is 2. The van der Waals surface area contributed by atoms with Crippen molar-refractivity contribution >= 4 is 29.1 Å². The number of hydrazone groups is 1. The first-order chi connectivity index (χ1) is 12.6. The fourth-order valence-electron chi connectivity index (χ4n) is 3.10. The van der Waals surface area contributed by atoms with Gasteiger partial charge in [-0.1, -0.05) is 6.07 Å². The second-order valence-electron chi connectivity index (χ2n) is 6.37. The van der Waals surface area contributed by atoms with Crippen molar-refractivity contribution in [2.24, 2.45) is 11.0 Å². The Morgan fingerprint density at radius 1 is 1.31 bits per heavy atom. The Kier molecular flexibility index (Phi) is 6.08. The van der Waals surface area contributed by atoms with Crippen LogP contribution in [0.25, 0.3) is 0 Å². The third-order valence-electron chi connectivity index (χ3n) is 4.57.